The van der Waals surface area contributed by atoms with E-state index in [9.17, 15) is 9.59 Å². The van der Waals surface area contributed by atoms with Crippen LogP contribution in [0.25, 0.3) is 39.0 Å². The van der Waals surface area contributed by atoms with Gasteiger partial charge in [-0.15, -0.1) is 0 Å². The van der Waals surface area contributed by atoms with Crippen LogP contribution in [0.3, 0.4) is 0 Å². The molecule has 0 radical (unpaired) electrons. The predicted molar refractivity (Wildman–Crippen MR) is 243 cm³/mol. The molecule has 5 atom stereocenters. The van der Waals surface area contributed by atoms with E-state index in [-0.39, 0.29) is 57.4 Å². The van der Waals surface area contributed by atoms with Crippen molar-refractivity contribution in [2.45, 2.75) is 107 Å². The minimum Gasteiger partial charge on any atom is -0.376 e. The van der Waals surface area contributed by atoms with Crippen molar-refractivity contribution in [3.8, 4) is 17.2 Å². The third kappa shape index (κ3) is 6.05. The lowest BCUT2D eigenvalue weighted by Crippen LogP contribution is -2.43. The van der Waals surface area contributed by atoms with E-state index in [1.165, 1.54) is 33.8 Å². The number of aromatic amines is 1. The van der Waals surface area contributed by atoms with E-state index in [2.05, 4.69) is 41.2 Å². The standard InChI is InChI=1S/C48H48F2N10O6S/c1-25-17-32(18-26(2)41(25)49)59-43(57-15-14-56(46(57)62)38-12-11-36-33(42(38)50)24-51-55(36)6)40-34(53-59)21-31-8-10-37(40)60(31)67(63,64)39-20-30-19-28(29-13-16-65-47(4,5)23-29)7-9-35(30)58(39)48(22-27(48)3)44-52-45(61)66-54-44/h7,9,11-12,14-15,17-20,24,27,29,31,37H,8,10,13,16,21-23H2,1-6H3,(H,52,54,61)/t27-,29?,31+,37-,48+/m0/s1. The molecule has 3 fully saturated rings. The number of rotatable bonds is 8. The Morgan fingerprint density at radius 1 is 0.910 bits per heavy atom. The summed E-state index contributed by atoms with van der Waals surface area (Å²) in [6.07, 6.45) is 7.70. The Hall–Kier alpha value is -6.44. The van der Waals surface area contributed by atoms with Crippen molar-refractivity contribution in [2.24, 2.45) is 13.0 Å². The molecule has 16 nitrogen and oxygen atoms in total. The highest BCUT2D eigenvalue weighted by atomic mass is 32.2. The number of benzene rings is 3. The molecular formula is C48H48F2N10O6S. The molecule has 3 aliphatic heterocycles. The zero-order valence-electron chi connectivity index (χ0n) is 37.7. The van der Waals surface area contributed by atoms with Crippen molar-refractivity contribution in [3.05, 3.63) is 134 Å². The molecule has 1 N–H and O–H groups in total. The zero-order valence-corrected chi connectivity index (χ0v) is 38.6. The number of hydrogen-bond acceptors (Lipinski definition) is 9. The number of nitrogens with zero attached hydrogens (tertiary/aromatic N) is 9. The van der Waals surface area contributed by atoms with Crippen LogP contribution in [0, 0.1) is 31.4 Å². The number of ether oxygens (including phenoxy) is 1. The van der Waals surface area contributed by atoms with E-state index < -0.39 is 44.9 Å². The maximum atomic E-state index is 16.2. The highest BCUT2D eigenvalue weighted by molar-refractivity contribution is 7.89. The average molecular weight is 931 g/mol. The molecule has 0 spiro atoms. The van der Waals surface area contributed by atoms with Gasteiger partial charge >= 0.3 is 11.4 Å². The number of hydrogen-bond donors (Lipinski definition) is 1. The summed E-state index contributed by atoms with van der Waals surface area (Å²) in [7, 11) is -2.71. The van der Waals surface area contributed by atoms with Crippen molar-refractivity contribution in [1.29, 1.82) is 0 Å². The quantitative estimate of drug-likeness (QED) is 0.166. The molecule has 8 aromatic rings. The molecule has 5 aromatic heterocycles. The number of fused-ring (bicyclic) bond motifs is 6. The molecule has 1 saturated carbocycles. The van der Waals surface area contributed by atoms with Gasteiger partial charge in [-0.2, -0.15) is 14.5 Å². The highest BCUT2D eigenvalue weighted by Gasteiger charge is 2.60. The maximum Gasteiger partial charge on any atom is 0.438 e. The molecule has 4 aliphatic rings. The first-order chi connectivity index (χ1) is 32.0. The van der Waals surface area contributed by atoms with Crippen molar-refractivity contribution >= 4 is 31.8 Å². The second-order valence-corrected chi connectivity index (χ2v) is 21.4. The van der Waals surface area contributed by atoms with Gasteiger partial charge in [0, 0.05) is 49.5 Å². The first-order valence-electron chi connectivity index (χ1n) is 22.7. The van der Waals surface area contributed by atoms with E-state index in [1.807, 2.05) is 17.6 Å². The van der Waals surface area contributed by atoms with Crippen molar-refractivity contribution in [2.75, 3.05) is 6.61 Å². The number of imidazole rings is 1. The molecule has 67 heavy (non-hydrogen) atoms. The number of H-pyrrole nitrogens is 1. The SMILES string of the molecule is Cc1cc(-n2nc3c(c2-n2ccn(-c4ccc5c(cnn5C)c4F)c2=O)[C@@H]2CC[C@H](C3)N2S(=O)(=O)c2cc3cc(C4CCOC(C)(C)C4)ccc3n2[C@]2(c3noc(=O)[nH]3)C[C@@H]2C)cc(C)c1F. The molecule has 2 saturated heterocycles. The summed E-state index contributed by atoms with van der Waals surface area (Å²) >= 11 is 0. The summed E-state index contributed by atoms with van der Waals surface area (Å²) in [6.45, 7) is 10.1. The van der Waals surface area contributed by atoms with Crippen molar-refractivity contribution in [3.63, 3.8) is 0 Å². The minimum absolute atomic E-state index is 0.0102. The summed E-state index contributed by atoms with van der Waals surface area (Å²) in [6, 6.07) is 13.1. The van der Waals surface area contributed by atoms with Crippen LogP contribution < -0.4 is 11.4 Å². The van der Waals surface area contributed by atoms with Crippen LogP contribution in [0.5, 0.6) is 0 Å². The number of aryl methyl sites for hydroxylation is 3. The summed E-state index contributed by atoms with van der Waals surface area (Å²) in [5.41, 5.74) is 2.71. The van der Waals surface area contributed by atoms with Gasteiger partial charge in [0.25, 0.3) is 10.0 Å². The molecule has 1 aliphatic carbocycles. The van der Waals surface area contributed by atoms with Gasteiger partial charge in [0.05, 0.1) is 51.3 Å². The third-order valence-corrected chi connectivity index (χ3v) is 16.9. The molecule has 1 unspecified atom stereocenters. The fraction of sp³-hybridized carbons (Fsp3) is 0.396. The number of nitrogens with one attached hydrogen (secondary N) is 1. The lowest BCUT2D eigenvalue weighted by molar-refractivity contribution is -0.0592. The van der Waals surface area contributed by atoms with E-state index >= 15 is 17.2 Å². The average Bonchev–Trinajstić information content (AvgIpc) is 4.00. The Morgan fingerprint density at radius 2 is 1.66 bits per heavy atom. The van der Waals surface area contributed by atoms with E-state index in [4.69, 9.17) is 14.4 Å². The Morgan fingerprint density at radius 3 is 2.37 bits per heavy atom. The second-order valence-electron chi connectivity index (χ2n) is 19.6. The Balaban J connectivity index is 1.04. The summed E-state index contributed by atoms with van der Waals surface area (Å²) in [5.74, 6) is -1.14. The molecule has 3 aromatic carbocycles. The van der Waals surface area contributed by atoms with E-state index in [0.717, 1.165) is 23.8 Å². The first-order valence-corrected chi connectivity index (χ1v) is 24.1. The molecule has 19 heteroatoms. The van der Waals surface area contributed by atoms with Crippen LogP contribution >= 0.6 is 0 Å². The maximum absolute atomic E-state index is 16.2. The topological polar surface area (TPSA) is 173 Å². The summed E-state index contributed by atoms with van der Waals surface area (Å²) in [5, 5.41) is 14.5. The van der Waals surface area contributed by atoms with Gasteiger partial charge in [0.2, 0.25) is 0 Å². The number of aromatic nitrogens is 9. The fourth-order valence-corrected chi connectivity index (χ4v) is 13.8. The smallest absolute Gasteiger partial charge is 0.376 e. The summed E-state index contributed by atoms with van der Waals surface area (Å²) < 4.78 is 83.5. The summed E-state index contributed by atoms with van der Waals surface area (Å²) in [4.78, 5) is 30.0. The largest absolute Gasteiger partial charge is 0.438 e. The van der Waals surface area contributed by atoms with Gasteiger partial charge < -0.3 is 9.30 Å². The van der Waals surface area contributed by atoms with Gasteiger partial charge in [-0.1, -0.05) is 18.1 Å². The van der Waals surface area contributed by atoms with Crippen LogP contribution in [-0.4, -0.2) is 74.4 Å². The van der Waals surface area contributed by atoms with Crippen LogP contribution in [0.1, 0.15) is 98.6 Å². The van der Waals surface area contributed by atoms with Crippen molar-refractivity contribution < 1.29 is 26.5 Å². The normalized spacial score (nSPS) is 23.7. The Labute approximate surface area is 382 Å². The highest BCUT2D eigenvalue weighted by Crippen LogP contribution is 2.58. The number of halogens is 2. The zero-order chi connectivity index (χ0) is 46.6. The molecule has 12 rings (SSSR count). The monoisotopic (exact) mass is 930 g/mol. The third-order valence-electron chi connectivity index (χ3n) is 15.0. The molecular weight excluding hydrogens is 883 g/mol. The Bertz CT molecular complexity index is 3610. The molecule has 8 heterocycles. The van der Waals surface area contributed by atoms with Crippen molar-refractivity contribution in [1.82, 2.24) is 47.7 Å². The second kappa shape index (κ2) is 14.3. The molecule has 346 valence electrons. The van der Waals surface area contributed by atoms with Gasteiger partial charge in [-0.25, -0.2) is 31.5 Å². The van der Waals surface area contributed by atoms with Crippen LogP contribution in [-0.2, 0) is 33.8 Å². The Kier molecular flexibility index (Phi) is 8.95. The van der Waals surface area contributed by atoms with Crippen LogP contribution in [0.4, 0.5) is 8.78 Å². The minimum atomic E-state index is -4.41. The number of sulfonamides is 1. The van der Waals surface area contributed by atoms with Gasteiger partial charge in [-0.3, -0.25) is 23.3 Å². The van der Waals surface area contributed by atoms with E-state index in [1.54, 1.807) is 58.8 Å². The van der Waals surface area contributed by atoms with E-state index in [0.29, 0.717) is 65.0 Å². The van der Waals surface area contributed by atoms with Crippen LogP contribution in [0.2, 0.25) is 0 Å². The van der Waals surface area contributed by atoms with Gasteiger partial charge in [-0.05, 0) is 131 Å². The molecule has 2 bridgehead atoms. The lowest BCUT2D eigenvalue weighted by atomic mass is 9.83. The van der Waals surface area contributed by atoms with Crippen LogP contribution in [0.15, 0.2) is 86.3 Å². The molecule has 0 amide bonds. The predicted octanol–water partition coefficient (Wildman–Crippen LogP) is 7.13. The van der Waals surface area contributed by atoms with Gasteiger partial charge in [0.15, 0.2) is 16.7 Å². The fourth-order valence-electron chi connectivity index (χ4n) is 11.7. The lowest BCUT2D eigenvalue weighted by Gasteiger charge is -2.35. The first kappa shape index (κ1) is 42.0. The van der Waals surface area contributed by atoms with Gasteiger partial charge in [0.1, 0.15) is 17.2 Å².